The highest BCUT2D eigenvalue weighted by Crippen LogP contribution is 2.24. The summed E-state index contributed by atoms with van der Waals surface area (Å²) < 4.78 is 38.5. The number of aromatic amines is 1. The first-order chi connectivity index (χ1) is 11.8. The molecule has 3 rings (SSSR count). The Bertz CT molecular complexity index is 1070. The number of H-pyrrole nitrogens is 1. The molecular weight excluding hydrogens is 333 g/mol. The molecule has 0 fully saturated rings. The Morgan fingerprint density at radius 2 is 2.12 bits per heavy atom. The summed E-state index contributed by atoms with van der Waals surface area (Å²) in [5.41, 5.74) is 7.17. The minimum absolute atomic E-state index is 0.198. The van der Waals surface area contributed by atoms with Crippen molar-refractivity contribution in [2.75, 3.05) is 6.54 Å². The van der Waals surface area contributed by atoms with Gasteiger partial charge in [-0.05, 0) is 38.1 Å². The number of nitrogens with two attached hydrogens (primary N) is 1. The molecule has 25 heavy (non-hydrogen) atoms. The third-order valence-electron chi connectivity index (χ3n) is 3.88. The molecule has 0 atom stereocenters. The Labute approximate surface area is 140 Å². The van der Waals surface area contributed by atoms with Gasteiger partial charge in [0.1, 0.15) is 5.52 Å². The van der Waals surface area contributed by atoms with Crippen LogP contribution in [0.4, 0.5) is 13.2 Å². The maximum atomic E-state index is 12.8. The molecule has 0 radical (unpaired) electrons. The van der Waals surface area contributed by atoms with E-state index < -0.39 is 6.18 Å². The van der Waals surface area contributed by atoms with E-state index in [1.807, 2.05) is 0 Å². The van der Waals surface area contributed by atoms with Crippen LogP contribution < -0.4 is 11.3 Å². The summed E-state index contributed by atoms with van der Waals surface area (Å²) in [6.07, 6.45) is -3.96. The summed E-state index contributed by atoms with van der Waals surface area (Å²) in [4.78, 5) is 12.8. The fourth-order valence-corrected chi connectivity index (χ4v) is 2.78. The molecule has 3 aromatic rings. The van der Waals surface area contributed by atoms with Gasteiger partial charge in [-0.1, -0.05) is 5.92 Å². The number of aryl methyl sites for hydroxylation is 2. The SMILES string of the molecule is Cc1[nH]nc2c1c(=O)n(CCCN)c1ccc(C#CC(F)(F)F)cc21. The summed E-state index contributed by atoms with van der Waals surface area (Å²) in [6.45, 7) is 2.56. The van der Waals surface area contributed by atoms with Crippen molar-refractivity contribution < 1.29 is 13.2 Å². The van der Waals surface area contributed by atoms with Gasteiger partial charge in [-0.15, -0.1) is 0 Å². The molecule has 0 unspecified atom stereocenters. The lowest BCUT2D eigenvalue weighted by Gasteiger charge is -2.11. The lowest BCUT2D eigenvalue weighted by atomic mass is 10.1. The largest absolute Gasteiger partial charge is 0.458 e. The van der Waals surface area contributed by atoms with Crippen molar-refractivity contribution >= 4 is 21.8 Å². The summed E-state index contributed by atoms with van der Waals surface area (Å²) in [5.74, 6) is 3.36. The zero-order chi connectivity index (χ0) is 18.2. The van der Waals surface area contributed by atoms with Crippen LogP contribution in [0, 0.1) is 18.8 Å². The van der Waals surface area contributed by atoms with E-state index in [1.54, 1.807) is 17.6 Å². The van der Waals surface area contributed by atoms with E-state index in [0.717, 1.165) is 0 Å². The fraction of sp³-hybridized carbons (Fsp3) is 0.294. The number of aromatic nitrogens is 3. The molecular formula is C17H15F3N4O. The van der Waals surface area contributed by atoms with Gasteiger partial charge in [0, 0.05) is 29.1 Å². The number of benzene rings is 1. The van der Waals surface area contributed by atoms with E-state index >= 15 is 0 Å². The third kappa shape index (κ3) is 3.23. The average Bonchev–Trinajstić information content (AvgIpc) is 2.94. The Balaban J connectivity index is 2.31. The van der Waals surface area contributed by atoms with E-state index in [0.29, 0.717) is 47.0 Å². The first-order valence-electron chi connectivity index (χ1n) is 7.63. The average molecular weight is 348 g/mol. The summed E-state index contributed by atoms with van der Waals surface area (Å²) >= 11 is 0. The normalized spacial score (nSPS) is 11.7. The lowest BCUT2D eigenvalue weighted by Crippen LogP contribution is -2.22. The van der Waals surface area contributed by atoms with Gasteiger partial charge in [0.05, 0.1) is 10.9 Å². The highest BCUT2D eigenvalue weighted by molar-refractivity contribution is 6.04. The van der Waals surface area contributed by atoms with Crippen LogP contribution in [0.1, 0.15) is 17.7 Å². The molecule has 0 aliphatic rings. The molecule has 0 aliphatic carbocycles. The highest BCUT2D eigenvalue weighted by atomic mass is 19.4. The topological polar surface area (TPSA) is 76.7 Å². The van der Waals surface area contributed by atoms with E-state index in [4.69, 9.17) is 5.73 Å². The van der Waals surface area contributed by atoms with E-state index in [1.165, 1.54) is 18.1 Å². The van der Waals surface area contributed by atoms with Gasteiger partial charge >= 0.3 is 6.18 Å². The number of rotatable bonds is 3. The van der Waals surface area contributed by atoms with Crippen molar-refractivity contribution in [3.05, 3.63) is 39.8 Å². The van der Waals surface area contributed by atoms with Gasteiger partial charge in [0.25, 0.3) is 5.56 Å². The van der Waals surface area contributed by atoms with Crippen LogP contribution in [0.25, 0.3) is 21.8 Å². The molecule has 2 aromatic heterocycles. The number of alkyl halides is 3. The van der Waals surface area contributed by atoms with Crippen molar-refractivity contribution in [2.24, 2.45) is 5.73 Å². The Morgan fingerprint density at radius 1 is 1.36 bits per heavy atom. The molecule has 0 saturated carbocycles. The number of hydrogen-bond acceptors (Lipinski definition) is 3. The van der Waals surface area contributed by atoms with Crippen LogP contribution in [0.5, 0.6) is 0 Å². The molecule has 0 saturated heterocycles. The molecule has 3 N–H and O–H groups in total. The molecule has 130 valence electrons. The van der Waals surface area contributed by atoms with Gasteiger partial charge in [-0.25, -0.2) is 0 Å². The third-order valence-corrected chi connectivity index (χ3v) is 3.88. The number of halogens is 3. The van der Waals surface area contributed by atoms with Crippen LogP contribution in [-0.2, 0) is 6.54 Å². The van der Waals surface area contributed by atoms with Crippen LogP contribution in [-0.4, -0.2) is 27.5 Å². The number of pyridine rings is 1. The molecule has 2 heterocycles. The van der Waals surface area contributed by atoms with Crippen molar-refractivity contribution in [3.8, 4) is 11.8 Å². The predicted octanol–water partition coefficient (Wildman–Crippen LogP) is 2.45. The van der Waals surface area contributed by atoms with Crippen LogP contribution in [0.15, 0.2) is 23.0 Å². The molecule has 8 heteroatoms. The number of nitrogens with one attached hydrogen (secondary N) is 1. The Hall–Kier alpha value is -2.79. The fourth-order valence-electron chi connectivity index (χ4n) is 2.78. The first-order valence-corrected chi connectivity index (χ1v) is 7.63. The lowest BCUT2D eigenvalue weighted by molar-refractivity contribution is -0.0696. The number of nitrogens with zero attached hydrogens (tertiary/aromatic N) is 2. The maximum Gasteiger partial charge on any atom is 0.458 e. The Morgan fingerprint density at radius 3 is 2.80 bits per heavy atom. The zero-order valence-corrected chi connectivity index (χ0v) is 13.4. The van der Waals surface area contributed by atoms with Crippen LogP contribution in [0.3, 0.4) is 0 Å². The summed E-state index contributed by atoms with van der Waals surface area (Å²) in [6, 6.07) is 4.58. The Kier molecular flexibility index (Phi) is 4.27. The molecule has 0 amide bonds. The van der Waals surface area contributed by atoms with E-state index in [9.17, 15) is 18.0 Å². The molecule has 0 bridgehead atoms. The van der Waals surface area contributed by atoms with Crippen molar-refractivity contribution in [2.45, 2.75) is 26.1 Å². The predicted molar refractivity (Wildman–Crippen MR) is 89.2 cm³/mol. The molecule has 5 nitrogen and oxygen atoms in total. The second-order valence-corrected chi connectivity index (χ2v) is 5.65. The maximum absolute atomic E-state index is 12.8. The summed E-state index contributed by atoms with van der Waals surface area (Å²) in [7, 11) is 0. The minimum Gasteiger partial charge on any atom is -0.330 e. The van der Waals surface area contributed by atoms with Gasteiger partial charge in [-0.3, -0.25) is 9.89 Å². The van der Waals surface area contributed by atoms with Gasteiger partial charge in [0.15, 0.2) is 0 Å². The zero-order valence-electron chi connectivity index (χ0n) is 13.4. The smallest absolute Gasteiger partial charge is 0.330 e. The van der Waals surface area contributed by atoms with E-state index in [-0.39, 0.29) is 11.1 Å². The van der Waals surface area contributed by atoms with Gasteiger partial charge in [-0.2, -0.15) is 18.3 Å². The highest BCUT2D eigenvalue weighted by Gasteiger charge is 2.23. The van der Waals surface area contributed by atoms with Gasteiger partial charge in [0.2, 0.25) is 0 Å². The monoisotopic (exact) mass is 348 g/mol. The summed E-state index contributed by atoms with van der Waals surface area (Å²) in [5, 5.41) is 7.91. The molecule has 0 spiro atoms. The van der Waals surface area contributed by atoms with Gasteiger partial charge < -0.3 is 10.3 Å². The van der Waals surface area contributed by atoms with Crippen LogP contribution >= 0.6 is 0 Å². The second-order valence-electron chi connectivity index (χ2n) is 5.65. The first kappa shape index (κ1) is 17.0. The molecule has 1 aromatic carbocycles. The quantitative estimate of drug-likeness (QED) is 0.714. The van der Waals surface area contributed by atoms with Crippen molar-refractivity contribution in [3.63, 3.8) is 0 Å². The number of hydrogen-bond donors (Lipinski definition) is 2. The molecule has 0 aliphatic heterocycles. The standard InChI is InChI=1S/C17H15F3N4O/c1-10-14-15(23-22-10)12-9-11(5-6-17(18,19)20)3-4-13(12)24(16(14)25)8-2-7-21/h3-4,9H,2,7-8,21H2,1H3,(H,22,23). The second kappa shape index (κ2) is 6.26. The number of fused-ring (bicyclic) bond motifs is 3. The minimum atomic E-state index is -4.56. The van der Waals surface area contributed by atoms with Crippen molar-refractivity contribution in [1.82, 2.24) is 14.8 Å². The van der Waals surface area contributed by atoms with Crippen LogP contribution in [0.2, 0.25) is 0 Å². The van der Waals surface area contributed by atoms with E-state index in [2.05, 4.69) is 16.1 Å². The van der Waals surface area contributed by atoms with Crippen molar-refractivity contribution in [1.29, 1.82) is 0 Å².